The van der Waals surface area contributed by atoms with Gasteiger partial charge in [0.15, 0.2) is 24.6 Å². The van der Waals surface area contributed by atoms with Crippen molar-refractivity contribution >= 4 is 23.9 Å². The third kappa shape index (κ3) is 38.4. The molecule has 12 heteroatoms. The molecule has 1 fully saturated rings. The van der Waals surface area contributed by atoms with Crippen LogP contribution in [0.1, 0.15) is 278 Å². The highest BCUT2D eigenvalue weighted by atomic mass is 16.7. The molecule has 0 bridgehead atoms. The minimum absolute atomic E-state index is 0.0653. The number of aliphatic carboxylic acids is 1. The van der Waals surface area contributed by atoms with Gasteiger partial charge in [0.2, 0.25) is 0 Å². The highest BCUT2D eigenvalue weighted by Gasteiger charge is 2.50. The summed E-state index contributed by atoms with van der Waals surface area (Å²) in [7, 11) is 0. The Labute approximate surface area is 432 Å². The first-order chi connectivity index (χ1) is 34.6. The van der Waals surface area contributed by atoms with Crippen LogP contribution in [0.5, 0.6) is 0 Å². The van der Waals surface area contributed by atoms with Crippen molar-refractivity contribution in [2.45, 2.75) is 314 Å². The molecule has 71 heavy (non-hydrogen) atoms. The van der Waals surface area contributed by atoms with Crippen LogP contribution in [0.4, 0.5) is 0 Å². The zero-order valence-electron chi connectivity index (χ0n) is 45.5. The first-order valence-electron chi connectivity index (χ1n) is 29.3. The maximum Gasteiger partial charge on any atom is 0.335 e. The van der Waals surface area contributed by atoms with Crippen LogP contribution in [0.15, 0.2) is 24.3 Å². The molecule has 0 saturated carbocycles. The molecule has 3 N–H and O–H groups in total. The summed E-state index contributed by atoms with van der Waals surface area (Å²) < 4.78 is 28.4. The standard InChI is InChI=1S/C59H106O12/c1-4-7-10-13-16-19-21-23-24-25-26-27-28-30-31-34-36-39-42-45-51(60)67-48-50(69-52(61)46-43-40-38-35-32-29-22-20-17-14-11-8-5-2)49-68-59-57(55(64)54(63)56(71-59)58(65)66)70-53(62)47-44-41-37-33-18-15-12-9-6-3/h16,19,23-24,50,54-57,59,63-64H,4-15,17-18,20-22,25-49H2,1-3H3,(H,65,66)/b19-16-,24-23-. The summed E-state index contributed by atoms with van der Waals surface area (Å²) in [6.45, 7) is 5.95. The van der Waals surface area contributed by atoms with E-state index < -0.39 is 67.3 Å². The lowest BCUT2D eigenvalue weighted by atomic mass is 9.98. The second-order valence-electron chi connectivity index (χ2n) is 20.3. The summed E-state index contributed by atoms with van der Waals surface area (Å²) >= 11 is 0. The van der Waals surface area contributed by atoms with Gasteiger partial charge < -0.3 is 39.0 Å². The van der Waals surface area contributed by atoms with E-state index in [1.165, 1.54) is 141 Å². The fourth-order valence-corrected chi connectivity index (χ4v) is 8.99. The molecule has 0 aromatic rings. The van der Waals surface area contributed by atoms with Crippen molar-refractivity contribution < 1.29 is 58.2 Å². The number of allylic oxidation sites excluding steroid dienone is 4. The Morgan fingerprint density at radius 2 is 0.845 bits per heavy atom. The smallest absolute Gasteiger partial charge is 0.335 e. The fourth-order valence-electron chi connectivity index (χ4n) is 8.99. The van der Waals surface area contributed by atoms with Gasteiger partial charge >= 0.3 is 23.9 Å². The van der Waals surface area contributed by atoms with Crippen LogP contribution in [-0.2, 0) is 42.9 Å². The quantitative estimate of drug-likeness (QED) is 0.0228. The van der Waals surface area contributed by atoms with Gasteiger partial charge in [-0.3, -0.25) is 14.4 Å². The number of carboxylic acids is 1. The predicted octanol–water partition coefficient (Wildman–Crippen LogP) is 14.7. The van der Waals surface area contributed by atoms with Crippen LogP contribution < -0.4 is 0 Å². The van der Waals surface area contributed by atoms with Crippen molar-refractivity contribution in [1.29, 1.82) is 0 Å². The van der Waals surface area contributed by atoms with E-state index in [1.807, 2.05) is 0 Å². The van der Waals surface area contributed by atoms with Crippen LogP contribution in [0.25, 0.3) is 0 Å². The largest absolute Gasteiger partial charge is 0.479 e. The number of aliphatic hydroxyl groups is 2. The Morgan fingerprint density at radius 1 is 0.465 bits per heavy atom. The van der Waals surface area contributed by atoms with Crippen LogP contribution >= 0.6 is 0 Å². The number of rotatable bonds is 50. The van der Waals surface area contributed by atoms with Crippen molar-refractivity contribution in [2.24, 2.45) is 0 Å². The summed E-state index contributed by atoms with van der Waals surface area (Å²) in [4.78, 5) is 50.9. The molecular formula is C59H106O12. The van der Waals surface area contributed by atoms with Gasteiger partial charge in [-0.2, -0.15) is 0 Å². The molecule has 1 rings (SSSR count). The molecule has 0 spiro atoms. The Hall–Kier alpha value is -2.80. The Balaban J connectivity index is 2.64. The number of aliphatic hydroxyl groups excluding tert-OH is 2. The number of carbonyl (C=O) groups excluding carboxylic acids is 3. The Bertz CT molecular complexity index is 1340. The van der Waals surface area contributed by atoms with E-state index in [0.29, 0.717) is 19.3 Å². The van der Waals surface area contributed by atoms with Crippen LogP contribution in [0.3, 0.4) is 0 Å². The summed E-state index contributed by atoms with van der Waals surface area (Å²) in [6, 6.07) is 0. The minimum atomic E-state index is -1.90. The second-order valence-corrected chi connectivity index (χ2v) is 20.3. The molecule has 1 aliphatic heterocycles. The van der Waals surface area contributed by atoms with E-state index >= 15 is 0 Å². The maximum absolute atomic E-state index is 13.1. The predicted molar refractivity (Wildman–Crippen MR) is 285 cm³/mol. The van der Waals surface area contributed by atoms with Crippen LogP contribution in [0.2, 0.25) is 0 Å². The SMILES string of the molecule is CCCCC/C=C\C/C=C\CCCCCCCCCCCC(=O)OCC(COC1OC(C(=O)O)C(O)C(O)C1OC(=O)CCCCCCCCCCC)OC(=O)CCCCCCCCCCCCCCC. The van der Waals surface area contributed by atoms with Gasteiger partial charge in [-0.15, -0.1) is 0 Å². The zero-order chi connectivity index (χ0) is 51.8. The summed E-state index contributed by atoms with van der Waals surface area (Å²) in [5.41, 5.74) is 0. The Morgan fingerprint density at radius 3 is 1.30 bits per heavy atom. The van der Waals surface area contributed by atoms with Gasteiger partial charge in [0.1, 0.15) is 18.8 Å². The first kappa shape index (κ1) is 66.2. The second kappa shape index (κ2) is 48.2. The molecule has 0 amide bonds. The van der Waals surface area contributed by atoms with Crippen LogP contribution in [0, 0.1) is 0 Å². The minimum Gasteiger partial charge on any atom is -0.479 e. The van der Waals surface area contributed by atoms with E-state index in [4.69, 9.17) is 23.7 Å². The number of carbonyl (C=O) groups is 4. The fraction of sp³-hybridized carbons (Fsp3) is 0.864. The molecule has 12 nitrogen and oxygen atoms in total. The number of hydrogen-bond donors (Lipinski definition) is 3. The summed E-state index contributed by atoms with van der Waals surface area (Å²) in [5.74, 6) is -3.10. The average molecular weight is 1010 g/mol. The summed E-state index contributed by atoms with van der Waals surface area (Å²) in [6.07, 6.45) is 41.7. The van der Waals surface area contributed by atoms with Crippen molar-refractivity contribution in [3.8, 4) is 0 Å². The zero-order valence-corrected chi connectivity index (χ0v) is 45.5. The normalized spacial score (nSPS) is 18.6. The van der Waals surface area contributed by atoms with E-state index in [-0.39, 0.29) is 25.9 Å². The molecule has 0 aromatic carbocycles. The van der Waals surface area contributed by atoms with Gasteiger partial charge in [-0.1, -0.05) is 231 Å². The van der Waals surface area contributed by atoms with E-state index in [9.17, 15) is 34.5 Å². The lowest BCUT2D eigenvalue weighted by Gasteiger charge is -2.40. The number of esters is 3. The van der Waals surface area contributed by atoms with Gasteiger partial charge in [0.05, 0.1) is 6.61 Å². The molecular weight excluding hydrogens is 901 g/mol. The lowest BCUT2D eigenvalue weighted by molar-refractivity contribution is -0.301. The third-order valence-corrected chi connectivity index (χ3v) is 13.5. The molecule has 6 unspecified atom stereocenters. The van der Waals surface area contributed by atoms with E-state index in [1.54, 1.807) is 0 Å². The highest BCUT2D eigenvalue weighted by Crippen LogP contribution is 2.26. The number of ether oxygens (including phenoxy) is 5. The molecule has 1 saturated heterocycles. The number of hydrogen-bond acceptors (Lipinski definition) is 11. The van der Waals surface area contributed by atoms with Crippen molar-refractivity contribution in [3.63, 3.8) is 0 Å². The van der Waals surface area contributed by atoms with Gasteiger partial charge in [0, 0.05) is 19.3 Å². The van der Waals surface area contributed by atoms with Crippen LogP contribution in [-0.4, -0.2) is 89.2 Å². The molecule has 0 aliphatic carbocycles. The molecule has 1 heterocycles. The highest BCUT2D eigenvalue weighted by molar-refractivity contribution is 5.74. The molecule has 6 atom stereocenters. The molecule has 414 valence electrons. The van der Waals surface area contributed by atoms with Crippen molar-refractivity contribution in [3.05, 3.63) is 24.3 Å². The average Bonchev–Trinajstić information content (AvgIpc) is 3.35. The van der Waals surface area contributed by atoms with Crippen molar-refractivity contribution in [1.82, 2.24) is 0 Å². The monoisotopic (exact) mass is 1010 g/mol. The Kier molecular flexibility index (Phi) is 44.9. The number of carboxylic acid groups (broad SMARTS) is 1. The van der Waals surface area contributed by atoms with Gasteiger partial charge in [-0.25, -0.2) is 4.79 Å². The van der Waals surface area contributed by atoms with Crippen molar-refractivity contribution in [2.75, 3.05) is 13.2 Å². The lowest BCUT2D eigenvalue weighted by Crippen LogP contribution is -2.61. The molecule has 0 radical (unpaired) electrons. The molecule has 0 aromatic heterocycles. The third-order valence-electron chi connectivity index (χ3n) is 13.5. The topological polar surface area (TPSA) is 175 Å². The first-order valence-corrected chi connectivity index (χ1v) is 29.3. The number of unbranched alkanes of at least 4 members (excludes halogenated alkanes) is 32. The van der Waals surface area contributed by atoms with Gasteiger partial charge in [-0.05, 0) is 51.4 Å². The van der Waals surface area contributed by atoms with E-state index in [2.05, 4.69) is 45.1 Å². The van der Waals surface area contributed by atoms with Gasteiger partial charge in [0.25, 0.3) is 0 Å². The summed E-state index contributed by atoms with van der Waals surface area (Å²) in [5, 5.41) is 31.3. The molecule has 1 aliphatic rings. The van der Waals surface area contributed by atoms with E-state index in [0.717, 1.165) is 77.0 Å². The maximum atomic E-state index is 13.1.